The van der Waals surface area contributed by atoms with Crippen LogP contribution in [0.25, 0.3) is 0 Å². The molecule has 4 nitrogen and oxygen atoms in total. The van der Waals surface area contributed by atoms with Crippen LogP contribution in [-0.2, 0) is 4.74 Å². The summed E-state index contributed by atoms with van der Waals surface area (Å²) >= 11 is 0. The van der Waals surface area contributed by atoms with Gasteiger partial charge in [0.05, 0.1) is 32.4 Å². The van der Waals surface area contributed by atoms with Crippen molar-refractivity contribution in [1.82, 2.24) is 0 Å². The number of benzene rings is 1. The van der Waals surface area contributed by atoms with Crippen molar-refractivity contribution in [3.8, 4) is 11.8 Å². The first kappa shape index (κ1) is 13.9. The van der Waals surface area contributed by atoms with E-state index in [1.165, 1.54) is 0 Å². The Morgan fingerprint density at radius 3 is 2.53 bits per heavy atom. The highest BCUT2D eigenvalue weighted by Gasteiger charge is 2.45. The summed E-state index contributed by atoms with van der Waals surface area (Å²) in [6.07, 6.45) is 0. The number of ether oxygens (including phenoxy) is 2. The third-order valence-corrected chi connectivity index (χ3v) is 3.77. The molecule has 0 radical (unpaired) electrons. The highest BCUT2D eigenvalue weighted by molar-refractivity contribution is 5.41. The Morgan fingerprint density at radius 1 is 1.42 bits per heavy atom. The highest BCUT2D eigenvalue weighted by atomic mass is 16.5. The summed E-state index contributed by atoms with van der Waals surface area (Å²) in [5, 5.41) is 9.31. The summed E-state index contributed by atoms with van der Waals surface area (Å²) in [7, 11) is 1.66. The van der Waals surface area contributed by atoms with Gasteiger partial charge in [-0.15, -0.1) is 0 Å². The molecule has 4 heteroatoms. The van der Waals surface area contributed by atoms with Gasteiger partial charge in [0.2, 0.25) is 0 Å². The van der Waals surface area contributed by atoms with Gasteiger partial charge in [-0.1, -0.05) is 26.0 Å². The van der Waals surface area contributed by atoms with Gasteiger partial charge in [-0.3, -0.25) is 0 Å². The molecule has 1 atom stereocenters. The van der Waals surface area contributed by atoms with E-state index in [1.807, 2.05) is 18.2 Å². The second-order valence-corrected chi connectivity index (χ2v) is 5.39. The minimum atomic E-state index is -0.581. The molecule has 1 unspecified atom stereocenters. The smallest absolute Gasteiger partial charge is 0.123 e. The van der Waals surface area contributed by atoms with E-state index in [4.69, 9.17) is 15.2 Å². The monoisotopic (exact) mass is 260 g/mol. The first-order valence-corrected chi connectivity index (χ1v) is 6.46. The number of hydrogen-bond donors (Lipinski definition) is 1. The van der Waals surface area contributed by atoms with Crippen molar-refractivity contribution >= 4 is 0 Å². The molecule has 0 aromatic heterocycles. The zero-order valence-corrected chi connectivity index (χ0v) is 11.6. The Labute approximate surface area is 114 Å². The van der Waals surface area contributed by atoms with Gasteiger partial charge in [0.25, 0.3) is 0 Å². The molecule has 102 valence electrons. The standard InChI is InChI=1S/C15H20N2O2/c1-10(2)12-6-11(4-5-13(12)18-3)14(17)15(7-16)8-19-9-15/h4-6,10,14H,8-9,17H2,1-3H3. The Balaban J connectivity index is 2.36. The van der Waals surface area contributed by atoms with Crippen LogP contribution in [0.5, 0.6) is 5.75 Å². The predicted molar refractivity (Wildman–Crippen MR) is 72.9 cm³/mol. The van der Waals surface area contributed by atoms with Crippen molar-refractivity contribution in [2.24, 2.45) is 11.1 Å². The van der Waals surface area contributed by atoms with Crippen molar-refractivity contribution in [3.63, 3.8) is 0 Å². The van der Waals surface area contributed by atoms with Crippen molar-refractivity contribution in [2.45, 2.75) is 25.8 Å². The molecule has 0 amide bonds. The average Bonchev–Trinajstić information content (AvgIpc) is 2.37. The summed E-state index contributed by atoms with van der Waals surface area (Å²) in [6, 6.07) is 7.90. The summed E-state index contributed by atoms with van der Waals surface area (Å²) in [4.78, 5) is 0. The van der Waals surface area contributed by atoms with Gasteiger partial charge in [-0.25, -0.2) is 0 Å². The van der Waals surface area contributed by atoms with Crippen molar-refractivity contribution in [2.75, 3.05) is 20.3 Å². The normalized spacial score (nSPS) is 18.5. The molecular formula is C15H20N2O2. The molecule has 0 saturated carbocycles. The number of nitriles is 1. The minimum absolute atomic E-state index is 0.324. The summed E-state index contributed by atoms with van der Waals surface area (Å²) in [5.74, 6) is 1.21. The van der Waals surface area contributed by atoms with E-state index in [2.05, 4.69) is 19.9 Å². The summed E-state index contributed by atoms with van der Waals surface area (Å²) in [6.45, 7) is 5.04. The summed E-state index contributed by atoms with van der Waals surface area (Å²) < 4.78 is 10.5. The molecule has 1 fully saturated rings. The van der Waals surface area contributed by atoms with E-state index in [-0.39, 0.29) is 6.04 Å². The van der Waals surface area contributed by atoms with Crippen LogP contribution in [0.15, 0.2) is 18.2 Å². The lowest BCUT2D eigenvalue weighted by Gasteiger charge is -2.40. The lowest BCUT2D eigenvalue weighted by atomic mass is 9.76. The third-order valence-electron chi connectivity index (χ3n) is 3.77. The predicted octanol–water partition coefficient (Wildman–Crippen LogP) is 2.36. The van der Waals surface area contributed by atoms with Crippen LogP contribution in [-0.4, -0.2) is 20.3 Å². The molecule has 0 aliphatic carbocycles. The van der Waals surface area contributed by atoms with E-state index < -0.39 is 5.41 Å². The van der Waals surface area contributed by atoms with E-state index in [9.17, 15) is 5.26 Å². The van der Waals surface area contributed by atoms with E-state index in [0.29, 0.717) is 19.1 Å². The zero-order chi connectivity index (χ0) is 14.0. The van der Waals surface area contributed by atoms with E-state index in [0.717, 1.165) is 16.9 Å². The molecule has 1 aromatic carbocycles. The third kappa shape index (κ3) is 2.32. The quantitative estimate of drug-likeness (QED) is 0.902. The molecule has 1 aliphatic heterocycles. The topological polar surface area (TPSA) is 68.3 Å². The van der Waals surface area contributed by atoms with Crippen LogP contribution >= 0.6 is 0 Å². The fraction of sp³-hybridized carbons (Fsp3) is 0.533. The van der Waals surface area contributed by atoms with E-state index in [1.54, 1.807) is 7.11 Å². The second-order valence-electron chi connectivity index (χ2n) is 5.39. The molecule has 0 spiro atoms. The average molecular weight is 260 g/mol. The van der Waals surface area contributed by atoms with Crippen LogP contribution < -0.4 is 10.5 Å². The van der Waals surface area contributed by atoms with Gasteiger partial charge in [0.1, 0.15) is 11.2 Å². The molecule has 19 heavy (non-hydrogen) atoms. The lowest BCUT2D eigenvalue weighted by Crippen LogP contribution is -2.49. The van der Waals surface area contributed by atoms with Crippen molar-refractivity contribution in [3.05, 3.63) is 29.3 Å². The Morgan fingerprint density at radius 2 is 2.11 bits per heavy atom. The molecule has 1 saturated heterocycles. The van der Waals surface area contributed by atoms with Gasteiger partial charge < -0.3 is 15.2 Å². The molecule has 2 rings (SSSR count). The zero-order valence-electron chi connectivity index (χ0n) is 11.6. The molecule has 1 heterocycles. The van der Waals surface area contributed by atoms with Gasteiger partial charge >= 0.3 is 0 Å². The number of rotatable bonds is 4. The number of nitrogens with two attached hydrogens (primary N) is 1. The SMILES string of the molecule is COc1ccc(C(N)C2(C#N)COC2)cc1C(C)C. The second kappa shape index (κ2) is 5.20. The van der Waals surface area contributed by atoms with Crippen molar-refractivity contribution < 1.29 is 9.47 Å². The summed E-state index contributed by atoms with van der Waals surface area (Å²) in [5.41, 5.74) is 7.76. The Kier molecular flexibility index (Phi) is 3.79. The van der Waals surface area contributed by atoms with Crippen molar-refractivity contribution in [1.29, 1.82) is 5.26 Å². The number of hydrogen-bond acceptors (Lipinski definition) is 4. The fourth-order valence-electron chi connectivity index (χ4n) is 2.35. The molecular weight excluding hydrogens is 240 g/mol. The molecule has 1 aliphatic rings. The van der Waals surface area contributed by atoms with Crippen LogP contribution in [0.3, 0.4) is 0 Å². The van der Waals surface area contributed by atoms with Crippen LogP contribution in [0, 0.1) is 16.7 Å². The molecule has 0 bridgehead atoms. The number of methoxy groups -OCH3 is 1. The molecule has 2 N–H and O–H groups in total. The highest BCUT2D eigenvalue weighted by Crippen LogP contribution is 2.40. The van der Waals surface area contributed by atoms with Crippen LogP contribution in [0.1, 0.15) is 36.9 Å². The first-order valence-electron chi connectivity index (χ1n) is 6.46. The first-order chi connectivity index (χ1) is 9.04. The van der Waals surface area contributed by atoms with Gasteiger partial charge in [-0.2, -0.15) is 5.26 Å². The fourth-order valence-corrected chi connectivity index (χ4v) is 2.35. The lowest BCUT2D eigenvalue weighted by molar-refractivity contribution is -0.0910. The molecule has 1 aromatic rings. The van der Waals surface area contributed by atoms with Gasteiger partial charge in [0, 0.05) is 0 Å². The van der Waals surface area contributed by atoms with Crippen LogP contribution in [0.4, 0.5) is 0 Å². The maximum Gasteiger partial charge on any atom is 0.123 e. The Hall–Kier alpha value is -1.57. The van der Waals surface area contributed by atoms with Gasteiger partial charge in [-0.05, 0) is 23.1 Å². The van der Waals surface area contributed by atoms with E-state index >= 15 is 0 Å². The largest absolute Gasteiger partial charge is 0.496 e. The maximum atomic E-state index is 9.31. The van der Waals surface area contributed by atoms with Crippen LogP contribution in [0.2, 0.25) is 0 Å². The number of nitrogens with zero attached hydrogens (tertiary/aromatic N) is 1. The maximum absolute atomic E-state index is 9.31. The Bertz CT molecular complexity index is 501. The minimum Gasteiger partial charge on any atom is -0.496 e. The van der Waals surface area contributed by atoms with Gasteiger partial charge in [0.15, 0.2) is 0 Å².